The van der Waals surface area contributed by atoms with Crippen molar-refractivity contribution in [3.63, 3.8) is 0 Å². The van der Waals surface area contributed by atoms with Crippen molar-refractivity contribution in [1.29, 1.82) is 0 Å². The Balaban J connectivity index is 0.00000156. The molecule has 0 radical (unpaired) electrons. The number of nitrogens with zero attached hydrogens (tertiary/aromatic N) is 2. The van der Waals surface area contributed by atoms with Crippen LogP contribution in [0.25, 0.3) is 28.2 Å². The maximum atomic E-state index is 9.73. The zero-order valence-electron chi connectivity index (χ0n) is 12.3. The van der Waals surface area contributed by atoms with E-state index in [1.165, 1.54) is 0 Å². The van der Waals surface area contributed by atoms with Crippen LogP contribution in [0.5, 0.6) is 5.75 Å². The number of rotatable bonds is 2. The molecule has 1 N–H and O–H groups in total. The summed E-state index contributed by atoms with van der Waals surface area (Å²) in [6, 6.07) is 23.4. The summed E-state index contributed by atoms with van der Waals surface area (Å²) in [5.41, 5.74) is 3.97. The second-order valence-corrected chi connectivity index (χ2v) is 5.16. The van der Waals surface area contributed by atoms with Crippen LogP contribution in [0.1, 0.15) is 0 Å². The summed E-state index contributed by atoms with van der Waals surface area (Å²) in [4.78, 5) is 4.82. The fourth-order valence-corrected chi connectivity index (χ4v) is 2.69. The van der Waals surface area contributed by atoms with Gasteiger partial charge in [0.05, 0.1) is 11.2 Å². The van der Waals surface area contributed by atoms with Gasteiger partial charge in [-0.2, -0.15) is 0 Å². The topological polar surface area (TPSA) is 37.5 Å². The van der Waals surface area contributed by atoms with Gasteiger partial charge in [-0.3, -0.25) is 4.40 Å². The molecule has 0 saturated heterocycles. The smallest absolute Gasteiger partial charge is 0.145 e. The lowest BCUT2D eigenvalue weighted by molar-refractivity contribution is 0.475. The molecule has 0 fully saturated rings. The standard InChI is InChI=1S/C19H14N2O.ClH/c22-16-10-6-9-15(13-16)19-20-18(14-7-2-1-3-8-14)17-11-4-5-12-21(17)19;/h1-13,22H;1H. The summed E-state index contributed by atoms with van der Waals surface area (Å²) >= 11 is 0. The number of phenolic OH excluding ortho intramolecular Hbond substituents is 1. The Kier molecular flexibility index (Phi) is 4.04. The van der Waals surface area contributed by atoms with Gasteiger partial charge in [-0.25, -0.2) is 4.98 Å². The van der Waals surface area contributed by atoms with Gasteiger partial charge in [0.2, 0.25) is 0 Å². The number of halogens is 1. The van der Waals surface area contributed by atoms with Crippen LogP contribution in [0.2, 0.25) is 0 Å². The number of aromatic nitrogens is 2. The van der Waals surface area contributed by atoms with Crippen molar-refractivity contribution in [3.05, 3.63) is 79.0 Å². The Bertz CT molecular complexity index is 948. The molecule has 0 aliphatic rings. The number of hydrogen-bond donors (Lipinski definition) is 1. The average molecular weight is 323 g/mol. The number of imidazole rings is 1. The number of pyridine rings is 1. The molecule has 0 spiro atoms. The molecule has 0 saturated carbocycles. The Morgan fingerprint density at radius 2 is 1.52 bits per heavy atom. The molecule has 114 valence electrons. The third-order valence-corrected chi connectivity index (χ3v) is 3.70. The molecule has 0 bridgehead atoms. The minimum Gasteiger partial charge on any atom is -0.508 e. The highest BCUT2D eigenvalue weighted by Gasteiger charge is 2.13. The molecule has 23 heavy (non-hydrogen) atoms. The fraction of sp³-hybridized carbons (Fsp3) is 0. The van der Waals surface area contributed by atoms with Crippen LogP contribution < -0.4 is 0 Å². The van der Waals surface area contributed by atoms with E-state index < -0.39 is 0 Å². The summed E-state index contributed by atoms with van der Waals surface area (Å²) in [5, 5.41) is 9.73. The first kappa shape index (κ1) is 15.1. The summed E-state index contributed by atoms with van der Waals surface area (Å²) in [7, 11) is 0. The second kappa shape index (κ2) is 6.15. The highest BCUT2D eigenvalue weighted by atomic mass is 35.5. The molecular weight excluding hydrogens is 308 g/mol. The SMILES string of the molecule is Cl.Oc1cccc(-c2nc(-c3ccccc3)c3ccccn23)c1. The molecule has 0 aliphatic heterocycles. The van der Waals surface area contributed by atoms with Gasteiger partial charge < -0.3 is 5.11 Å². The van der Waals surface area contributed by atoms with E-state index in [0.29, 0.717) is 0 Å². The van der Waals surface area contributed by atoms with Gasteiger partial charge in [-0.1, -0.05) is 48.5 Å². The molecule has 2 heterocycles. The lowest BCUT2D eigenvalue weighted by atomic mass is 10.1. The minimum atomic E-state index is 0. The van der Waals surface area contributed by atoms with Crippen molar-refractivity contribution in [2.24, 2.45) is 0 Å². The lowest BCUT2D eigenvalue weighted by Gasteiger charge is -2.01. The average Bonchev–Trinajstić information content (AvgIpc) is 2.95. The van der Waals surface area contributed by atoms with E-state index in [4.69, 9.17) is 4.98 Å². The highest BCUT2D eigenvalue weighted by molar-refractivity contribution is 5.85. The lowest BCUT2D eigenvalue weighted by Crippen LogP contribution is -1.87. The number of fused-ring (bicyclic) bond motifs is 1. The van der Waals surface area contributed by atoms with Gasteiger partial charge in [0.15, 0.2) is 0 Å². The van der Waals surface area contributed by atoms with E-state index >= 15 is 0 Å². The Morgan fingerprint density at radius 1 is 0.783 bits per heavy atom. The molecule has 0 aliphatic carbocycles. The van der Waals surface area contributed by atoms with Gasteiger partial charge in [-0.05, 0) is 24.3 Å². The number of phenols is 1. The first-order chi connectivity index (χ1) is 10.8. The van der Waals surface area contributed by atoms with Crippen LogP contribution in [0, 0.1) is 0 Å². The molecule has 2 aromatic carbocycles. The predicted octanol–water partition coefficient (Wildman–Crippen LogP) is 4.80. The Morgan fingerprint density at radius 3 is 2.30 bits per heavy atom. The summed E-state index contributed by atoms with van der Waals surface area (Å²) in [6.45, 7) is 0. The first-order valence-electron chi connectivity index (χ1n) is 7.15. The van der Waals surface area contributed by atoms with Crippen molar-refractivity contribution >= 4 is 17.9 Å². The molecule has 0 amide bonds. The predicted molar refractivity (Wildman–Crippen MR) is 95.0 cm³/mol. The van der Waals surface area contributed by atoms with Gasteiger partial charge in [0.25, 0.3) is 0 Å². The largest absolute Gasteiger partial charge is 0.508 e. The Labute approximate surface area is 140 Å². The minimum absolute atomic E-state index is 0. The van der Waals surface area contributed by atoms with E-state index in [1.807, 2.05) is 48.7 Å². The van der Waals surface area contributed by atoms with Gasteiger partial charge >= 0.3 is 0 Å². The van der Waals surface area contributed by atoms with Crippen molar-refractivity contribution < 1.29 is 5.11 Å². The van der Waals surface area contributed by atoms with Gasteiger partial charge in [0.1, 0.15) is 11.6 Å². The maximum Gasteiger partial charge on any atom is 0.145 e. The van der Waals surface area contributed by atoms with Gasteiger partial charge in [0, 0.05) is 17.3 Å². The van der Waals surface area contributed by atoms with E-state index in [2.05, 4.69) is 22.6 Å². The third-order valence-electron chi connectivity index (χ3n) is 3.70. The second-order valence-electron chi connectivity index (χ2n) is 5.16. The third kappa shape index (κ3) is 2.67. The van der Waals surface area contributed by atoms with Crippen molar-refractivity contribution in [2.45, 2.75) is 0 Å². The van der Waals surface area contributed by atoms with E-state index in [1.54, 1.807) is 12.1 Å². The summed E-state index contributed by atoms with van der Waals surface area (Å²) < 4.78 is 2.05. The molecule has 4 aromatic rings. The molecular formula is C19H15ClN2O. The zero-order valence-corrected chi connectivity index (χ0v) is 13.1. The quantitative estimate of drug-likeness (QED) is 0.576. The number of benzene rings is 2. The molecule has 0 unspecified atom stereocenters. The maximum absolute atomic E-state index is 9.73. The fourth-order valence-electron chi connectivity index (χ4n) is 2.69. The van der Waals surface area contributed by atoms with Crippen LogP contribution in [-0.2, 0) is 0 Å². The zero-order chi connectivity index (χ0) is 14.9. The Hall–Kier alpha value is -2.78. The van der Waals surface area contributed by atoms with Crippen molar-refractivity contribution in [3.8, 4) is 28.4 Å². The van der Waals surface area contributed by atoms with E-state index in [9.17, 15) is 5.11 Å². The highest BCUT2D eigenvalue weighted by Crippen LogP contribution is 2.30. The number of hydrogen-bond acceptors (Lipinski definition) is 2. The van der Waals surface area contributed by atoms with Crippen LogP contribution in [0.15, 0.2) is 79.0 Å². The molecule has 2 aromatic heterocycles. The van der Waals surface area contributed by atoms with E-state index in [-0.39, 0.29) is 18.2 Å². The molecule has 4 rings (SSSR count). The van der Waals surface area contributed by atoms with Crippen LogP contribution in [0.4, 0.5) is 0 Å². The normalized spacial score (nSPS) is 10.4. The molecule has 3 nitrogen and oxygen atoms in total. The van der Waals surface area contributed by atoms with Crippen molar-refractivity contribution in [2.75, 3.05) is 0 Å². The number of aromatic hydroxyl groups is 1. The molecule has 4 heteroatoms. The monoisotopic (exact) mass is 322 g/mol. The van der Waals surface area contributed by atoms with E-state index in [0.717, 1.165) is 28.2 Å². The van der Waals surface area contributed by atoms with Crippen LogP contribution in [0.3, 0.4) is 0 Å². The van der Waals surface area contributed by atoms with Crippen LogP contribution >= 0.6 is 12.4 Å². The van der Waals surface area contributed by atoms with Crippen LogP contribution in [-0.4, -0.2) is 14.5 Å². The first-order valence-corrected chi connectivity index (χ1v) is 7.15. The van der Waals surface area contributed by atoms with Crippen molar-refractivity contribution in [1.82, 2.24) is 9.38 Å². The summed E-state index contributed by atoms with van der Waals surface area (Å²) in [6.07, 6.45) is 1.99. The van der Waals surface area contributed by atoms with Gasteiger partial charge in [-0.15, -0.1) is 12.4 Å². The summed E-state index contributed by atoms with van der Waals surface area (Å²) in [5.74, 6) is 1.07. The molecule has 0 atom stereocenters.